The molecule has 0 aromatic carbocycles. The molecule has 1 aliphatic rings. The molecule has 0 aliphatic heterocycles. The molecule has 3 heterocycles. The highest BCUT2D eigenvalue weighted by Crippen LogP contribution is 2.40. The lowest BCUT2D eigenvalue weighted by Gasteiger charge is -2.19. The summed E-state index contributed by atoms with van der Waals surface area (Å²) in [5, 5.41) is 1.27. The summed E-state index contributed by atoms with van der Waals surface area (Å²) in [6, 6.07) is 4.10. The lowest BCUT2D eigenvalue weighted by atomic mass is 10.1. The zero-order chi connectivity index (χ0) is 14.2. The van der Waals surface area contributed by atoms with Gasteiger partial charge < -0.3 is 4.90 Å². The van der Waals surface area contributed by atoms with Gasteiger partial charge in [-0.1, -0.05) is 0 Å². The van der Waals surface area contributed by atoms with Crippen LogP contribution in [0.15, 0.2) is 30.9 Å². The summed E-state index contributed by atoms with van der Waals surface area (Å²) >= 11 is 1.84. The van der Waals surface area contributed by atoms with Crippen LogP contribution in [0.5, 0.6) is 0 Å². The predicted octanol–water partition coefficient (Wildman–Crippen LogP) is 3.21. The van der Waals surface area contributed by atoms with E-state index in [1.54, 1.807) is 6.33 Å². The largest absolute Gasteiger partial charge is 0.355 e. The van der Waals surface area contributed by atoms with Gasteiger partial charge >= 0.3 is 0 Å². The van der Waals surface area contributed by atoms with E-state index >= 15 is 0 Å². The number of anilines is 1. The number of hydrogen-bond acceptors (Lipinski definition) is 5. The number of aromatic nitrogens is 3. The first-order valence-corrected chi connectivity index (χ1v) is 8.00. The van der Waals surface area contributed by atoms with E-state index in [1.807, 2.05) is 35.9 Å². The predicted molar refractivity (Wildman–Crippen MR) is 85.8 cm³/mol. The maximum absolute atomic E-state index is 4.56. The van der Waals surface area contributed by atoms with Gasteiger partial charge in [0.25, 0.3) is 0 Å². The van der Waals surface area contributed by atoms with E-state index in [4.69, 9.17) is 0 Å². The molecule has 0 unspecified atom stereocenters. The zero-order valence-electron chi connectivity index (χ0n) is 11.9. The van der Waals surface area contributed by atoms with Gasteiger partial charge in [0.1, 0.15) is 17.0 Å². The van der Waals surface area contributed by atoms with Crippen LogP contribution in [-0.2, 0) is 19.4 Å². The minimum atomic E-state index is 0.833. The monoisotopic (exact) mass is 296 g/mol. The van der Waals surface area contributed by atoms with Crippen LogP contribution in [0.2, 0.25) is 0 Å². The summed E-state index contributed by atoms with van der Waals surface area (Å²) < 4.78 is 0. The van der Waals surface area contributed by atoms with Crippen molar-refractivity contribution in [3.05, 3.63) is 46.9 Å². The molecule has 0 amide bonds. The van der Waals surface area contributed by atoms with E-state index in [2.05, 4.69) is 26.9 Å². The Morgan fingerprint density at radius 1 is 1.19 bits per heavy atom. The third-order valence-corrected chi connectivity index (χ3v) is 5.21. The number of thiophene rings is 1. The molecule has 0 saturated carbocycles. The van der Waals surface area contributed by atoms with Crippen molar-refractivity contribution < 1.29 is 0 Å². The fourth-order valence-corrected chi connectivity index (χ4v) is 4.26. The molecule has 0 saturated heterocycles. The van der Waals surface area contributed by atoms with Crippen molar-refractivity contribution in [1.29, 1.82) is 0 Å². The Hall–Kier alpha value is -2.01. The smallest absolute Gasteiger partial charge is 0.141 e. The molecule has 4 rings (SSSR count). The quantitative estimate of drug-likeness (QED) is 0.744. The van der Waals surface area contributed by atoms with Gasteiger partial charge in [-0.15, -0.1) is 11.3 Å². The first kappa shape index (κ1) is 12.7. The van der Waals surface area contributed by atoms with Gasteiger partial charge in [-0.25, -0.2) is 9.97 Å². The summed E-state index contributed by atoms with van der Waals surface area (Å²) in [4.78, 5) is 17.9. The molecule has 0 atom stereocenters. The van der Waals surface area contributed by atoms with Crippen molar-refractivity contribution >= 4 is 27.4 Å². The van der Waals surface area contributed by atoms with Gasteiger partial charge in [-0.05, 0) is 42.5 Å². The Bertz CT molecular complexity index is 782. The van der Waals surface area contributed by atoms with Gasteiger partial charge in [-0.2, -0.15) is 0 Å². The van der Waals surface area contributed by atoms with Gasteiger partial charge in [0, 0.05) is 30.9 Å². The molecule has 3 aromatic heterocycles. The highest BCUT2D eigenvalue weighted by molar-refractivity contribution is 7.19. The first-order chi connectivity index (χ1) is 10.3. The van der Waals surface area contributed by atoms with E-state index < -0.39 is 0 Å². The third kappa shape index (κ3) is 2.17. The second-order valence-electron chi connectivity index (χ2n) is 5.45. The highest BCUT2D eigenvalue weighted by atomic mass is 32.1. The Kier molecular flexibility index (Phi) is 3.07. The fourth-order valence-electron chi connectivity index (χ4n) is 3.04. The molecule has 0 bridgehead atoms. The number of fused-ring (bicyclic) bond motifs is 3. The van der Waals surface area contributed by atoms with E-state index in [9.17, 15) is 0 Å². The van der Waals surface area contributed by atoms with Crippen molar-refractivity contribution in [2.75, 3.05) is 11.9 Å². The second kappa shape index (κ2) is 5.07. The number of nitrogens with zero attached hydrogens (tertiary/aromatic N) is 4. The minimum Gasteiger partial charge on any atom is -0.355 e. The molecule has 1 aliphatic carbocycles. The van der Waals surface area contributed by atoms with Crippen LogP contribution in [0.1, 0.15) is 22.4 Å². The molecule has 4 nitrogen and oxygen atoms in total. The maximum Gasteiger partial charge on any atom is 0.141 e. The van der Waals surface area contributed by atoms with Gasteiger partial charge in [0.05, 0.1) is 5.39 Å². The Balaban J connectivity index is 1.76. The molecule has 5 heteroatoms. The lowest BCUT2D eigenvalue weighted by molar-refractivity contribution is 0.893. The Morgan fingerprint density at radius 2 is 2.05 bits per heavy atom. The molecule has 3 aromatic rings. The maximum atomic E-state index is 4.56. The van der Waals surface area contributed by atoms with Gasteiger partial charge in [-0.3, -0.25) is 4.98 Å². The van der Waals surface area contributed by atoms with Crippen LogP contribution in [0.25, 0.3) is 10.2 Å². The van der Waals surface area contributed by atoms with Crippen molar-refractivity contribution in [3.8, 4) is 0 Å². The van der Waals surface area contributed by atoms with E-state index in [0.717, 1.165) is 17.2 Å². The van der Waals surface area contributed by atoms with Crippen LogP contribution < -0.4 is 4.90 Å². The van der Waals surface area contributed by atoms with Crippen molar-refractivity contribution in [3.63, 3.8) is 0 Å². The molecule has 0 N–H and O–H groups in total. The first-order valence-electron chi connectivity index (χ1n) is 7.18. The number of hydrogen-bond donors (Lipinski definition) is 0. The second-order valence-corrected chi connectivity index (χ2v) is 6.53. The summed E-state index contributed by atoms with van der Waals surface area (Å²) in [7, 11) is 2.10. The van der Waals surface area contributed by atoms with E-state index in [1.165, 1.54) is 40.7 Å². The highest BCUT2D eigenvalue weighted by Gasteiger charge is 2.22. The van der Waals surface area contributed by atoms with Crippen molar-refractivity contribution in [2.45, 2.75) is 25.8 Å². The van der Waals surface area contributed by atoms with Crippen LogP contribution >= 0.6 is 11.3 Å². The van der Waals surface area contributed by atoms with Crippen LogP contribution in [-0.4, -0.2) is 22.0 Å². The fraction of sp³-hybridized carbons (Fsp3) is 0.312. The average Bonchev–Trinajstić information content (AvgIpc) is 3.08. The molecular formula is C16H16N4S. The van der Waals surface area contributed by atoms with Crippen LogP contribution in [0.3, 0.4) is 0 Å². The standard InChI is InChI=1S/C16H16N4S/c1-20(9-11-5-7-17-8-6-11)15-14-12-3-2-4-13(12)21-16(14)19-10-18-15/h5-8,10H,2-4,9H2,1H3. The summed E-state index contributed by atoms with van der Waals surface area (Å²) in [5.41, 5.74) is 2.72. The molecular weight excluding hydrogens is 280 g/mol. The molecule has 0 radical (unpaired) electrons. The van der Waals surface area contributed by atoms with Crippen LogP contribution in [0.4, 0.5) is 5.82 Å². The number of pyridine rings is 1. The van der Waals surface area contributed by atoms with Gasteiger partial charge in [0.2, 0.25) is 0 Å². The SMILES string of the molecule is CN(Cc1ccncc1)c1ncnc2sc3c(c12)CCC3. The van der Waals surface area contributed by atoms with E-state index in [-0.39, 0.29) is 0 Å². The number of rotatable bonds is 3. The summed E-state index contributed by atoms with van der Waals surface area (Å²) in [5.74, 6) is 1.05. The Morgan fingerprint density at radius 3 is 2.90 bits per heavy atom. The average molecular weight is 296 g/mol. The van der Waals surface area contributed by atoms with Crippen LogP contribution in [0, 0.1) is 0 Å². The summed E-state index contributed by atoms with van der Waals surface area (Å²) in [6.45, 7) is 0.833. The van der Waals surface area contributed by atoms with Crippen molar-refractivity contribution in [2.24, 2.45) is 0 Å². The topological polar surface area (TPSA) is 41.9 Å². The van der Waals surface area contributed by atoms with E-state index in [0.29, 0.717) is 0 Å². The third-order valence-electron chi connectivity index (χ3n) is 4.01. The van der Waals surface area contributed by atoms with Gasteiger partial charge in [0.15, 0.2) is 0 Å². The Labute approximate surface area is 127 Å². The zero-order valence-corrected chi connectivity index (χ0v) is 12.7. The molecule has 106 valence electrons. The normalized spacial score (nSPS) is 13.6. The van der Waals surface area contributed by atoms with Crippen molar-refractivity contribution in [1.82, 2.24) is 15.0 Å². The molecule has 21 heavy (non-hydrogen) atoms. The molecule has 0 fully saturated rings. The number of aryl methyl sites for hydroxylation is 2. The lowest BCUT2D eigenvalue weighted by Crippen LogP contribution is -2.18. The minimum absolute atomic E-state index is 0.833. The summed E-state index contributed by atoms with van der Waals surface area (Å²) in [6.07, 6.45) is 8.98. The molecule has 0 spiro atoms.